The van der Waals surface area contributed by atoms with E-state index in [1.54, 1.807) is 13.1 Å². The minimum Gasteiger partial charge on any atom is -0.457 e. The highest BCUT2D eigenvalue weighted by atomic mass is 16.5. The molecule has 0 aromatic rings. The van der Waals surface area contributed by atoms with Crippen molar-refractivity contribution >= 4 is 12.2 Å². The van der Waals surface area contributed by atoms with Crippen molar-refractivity contribution in [3.05, 3.63) is 12.2 Å². The minimum atomic E-state index is -0.363. The second kappa shape index (κ2) is 7.21. The van der Waals surface area contributed by atoms with Crippen molar-refractivity contribution in [3.8, 4) is 0 Å². The molecule has 0 bridgehead atoms. The molecule has 0 spiro atoms. The number of hydrogen-bond donors (Lipinski definition) is 0. The van der Waals surface area contributed by atoms with Crippen LogP contribution in [0.25, 0.3) is 0 Å². The molecule has 0 aliphatic carbocycles. The lowest BCUT2D eigenvalue weighted by Crippen LogP contribution is -2.09. The van der Waals surface area contributed by atoms with E-state index in [9.17, 15) is 4.79 Å². The summed E-state index contributed by atoms with van der Waals surface area (Å²) in [6, 6.07) is 0.286. The van der Waals surface area contributed by atoms with Gasteiger partial charge in [0, 0.05) is 17.8 Å². The van der Waals surface area contributed by atoms with Crippen LogP contribution in [0.4, 0.5) is 0 Å². The van der Waals surface area contributed by atoms with Gasteiger partial charge in [0.15, 0.2) is 0 Å². The summed E-state index contributed by atoms with van der Waals surface area (Å²) >= 11 is 0. The van der Waals surface area contributed by atoms with Crippen molar-refractivity contribution < 1.29 is 9.53 Å². The normalized spacial score (nSPS) is 13.1. The first-order valence-electron chi connectivity index (χ1n) is 5.27. The molecule has 1 unspecified atom stereocenters. The molecule has 3 heteroatoms. The third-order valence-corrected chi connectivity index (χ3v) is 1.81. The fraction of sp³-hybridized carbons (Fsp3) is 0.667. The summed E-state index contributed by atoms with van der Waals surface area (Å²) < 4.78 is 4.87. The quantitative estimate of drug-likeness (QED) is 0.385. The molecule has 0 saturated carbocycles. The predicted octanol–water partition coefficient (Wildman–Crippen LogP) is 2.61. The molecule has 0 N–H and O–H groups in total. The fourth-order valence-electron chi connectivity index (χ4n) is 1.20. The SMILES string of the molecule is C=C(C)C(=O)OCC=NC(C)CC(C)C. The lowest BCUT2D eigenvalue weighted by molar-refractivity contribution is -0.137. The lowest BCUT2D eigenvalue weighted by atomic mass is 10.1. The topological polar surface area (TPSA) is 38.7 Å². The highest BCUT2D eigenvalue weighted by Crippen LogP contribution is 2.06. The molecule has 0 amide bonds. The van der Waals surface area contributed by atoms with Gasteiger partial charge in [0.05, 0.1) is 0 Å². The van der Waals surface area contributed by atoms with E-state index in [2.05, 4.69) is 32.3 Å². The van der Waals surface area contributed by atoms with Gasteiger partial charge in [-0.05, 0) is 26.2 Å². The molecule has 0 aromatic carbocycles. The summed E-state index contributed by atoms with van der Waals surface area (Å²) in [5.41, 5.74) is 0.415. The average molecular weight is 211 g/mol. The number of aliphatic imine (C=N–C) groups is 1. The first-order chi connectivity index (χ1) is 6.93. The van der Waals surface area contributed by atoms with Crippen LogP contribution in [0, 0.1) is 5.92 Å². The van der Waals surface area contributed by atoms with E-state index in [0.29, 0.717) is 11.5 Å². The summed E-state index contributed by atoms with van der Waals surface area (Å²) in [7, 11) is 0. The Hall–Kier alpha value is -1.12. The molecular formula is C12H21NO2. The molecule has 86 valence electrons. The number of esters is 1. The Morgan fingerprint density at radius 1 is 1.47 bits per heavy atom. The largest absolute Gasteiger partial charge is 0.457 e. The van der Waals surface area contributed by atoms with Gasteiger partial charge in [-0.3, -0.25) is 4.99 Å². The van der Waals surface area contributed by atoms with Crippen LogP contribution in [-0.2, 0) is 9.53 Å². The molecule has 0 saturated heterocycles. The molecule has 0 rings (SSSR count). The first-order valence-corrected chi connectivity index (χ1v) is 5.27. The van der Waals surface area contributed by atoms with E-state index < -0.39 is 0 Å². The van der Waals surface area contributed by atoms with Gasteiger partial charge in [0.1, 0.15) is 6.61 Å². The summed E-state index contributed by atoms with van der Waals surface area (Å²) in [6.07, 6.45) is 2.69. The van der Waals surface area contributed by atoms with Crippen LogP contribution in [-0.4, -0.2) is 24.8 Å². The van der Waals surface area contributed by atoms with Gasteiger partial charge in [-0.25, -0.2) is 4.79 Å². The smallest absolute Gasteiger partial charge is 0.333 e. The van der Waals surface area contributed by atoms with Crippen LogP contribution in [0.5, 0.6) is 0 Å². The van der Waals surface area contributed by atoms with Gasteiger partial charge in [-0.15, -0.1) is 0 Å². The highest BCUT2D eigenvalue weighted by molar-refractivity contribution is 5.87. The van der Waals surface area contributed by atoms with Gasteiger partial charge < -0.3 is 4.74 Å². The van der Waals surface area contributed by atoms with Crippen LogP contribution in [0.15, 0.2) is 17.1 Å². The molecule has 0 radical (unpaired) electrons. The molecule has 3 nitrogen and oxygen atoms in total. The maximum absolute atomic E-state index is 11.0. The monoisotopic (exact) mass is 211 g/mol. The minimum absolute atomic E-state index is 0.230. The molecule has 0 heterocycles. The number of hydrogen-bond acceptors (Lipinski definition) is 3. The maximum Gasteiger partial charge on any atom is 0.333 e. The van der Waals surface area contributed by atoms with Crippen LogP contribution >= 0.6 is 0 Å². The number of carbonyl (C=O) groups is 1. The lowest BCUT2D eigenvalue weighted by Gasteiger charge is -2.08. The first kappa shape index (κ1) is 13.9. The molecular weight excluding hydrogens is 190 g/mol. The van der Waals surface area contributed by atoms with E-state index in [1.807, 2.05) is 0 Å². The van der Waals surface area contributed by atoms with Crippen molar-refractivity contribution in [1.82, 2.24) is 0 Å². The highest BCUT2D eigenvalue weighted by Gasteiger charge is 2.02. The predicted molar refractivity (Wildman–Crippen MR) is 63.2 cm³/mol. The Labute approximate surface area is 92.2 Å². The molecule has 1 atom stereocenters. The molecule has 0 aliphatic rings. The van der Waals surface area contributed by atoms with E-state index >= 15 is 0 Å². The zero-order chi connectivity index (χ0) is 11.8. The third kappa shape index (κ3) is 7.91. The van der Waals surface area contributed by atoms with Crippen LogP contribution < -0.4 is 0 Å². The molecule has 15 heavy (non-hydrogen) atoms. The number of nitrogens with zero attached hydrogens (tertiary/aromatic N) is 1. The van der Waals surface area contributed by atoms with E-state index in [0.717, 1.165) is 6.42 Å². The summed E-state index contributed by atoms with van der Waals surface area (Å²) in [5, 5.41) is 0. The van der Waals surface area contributed by atoms with Gasteiger partial charge in [-0.2, -0.15) is 0 Å². The fourth-order valence-corrected chi connectivity index (χ4v) is 1.20. The molecule has 0 fully saturated rings. The Kier molecular flexibility index (Phi) is 6.67. The standard InChI is InChI=1S/C12H21NO2/c1-9(2)8-11(5)13-6-7-15-12(14)10(3)4/h6,9,11H,3,7-8H2,1-2,4-5H3. The Morgan fingerprint density at radius 2 is 2.07 bits per heavy atom. The second-order valence-corrected chi connectivity index (χ2v) is 4.19. The van der Waals surface area contributed by atoms with Crippen LogP contribution in [0.3, 0.4) is 0 Å². The van der Waals surface area contributed by atoms with Gasteiger partial charge >= 0.3 is 5.97 Å². The van der Waals surface area contributed by atoms with Crippen molar-refractivity contribution in [2.45, 2.75) is 40.2 Å². The third-order valence-electron chi connectivity index (χ3n) is 1.81. The van der Waals surface area contributed by atoms with Gasteiger partial charge in [0.25, 0.3) is 0 Å². The van der Waals surface area contributed by atoms with Crippen LogP contribution in [0.1, 0.15) is 34.1 Å². The summed E-state index contributed by atoms with van der Waals surface area (Å²) in [5.74, 6) is 0.271. The van der Waals surface area contributed by atoms with Gasteiger partial charge in [-0.1, -0.05) is 20.4 Å². The van der Waals surface area contributed by atoms with Gasteiger partial charge in [0.2, 0.25) is 0 Å². The second-order valence-electron chi connectivity index (χ2n) is 4.19. The summed E-state index contributed by atoms with van der Waals surface area (Å²) in [6.45, 7) is 11.7. The zero-order valence-corrected chi connectivity index (χ0v) is 10.1. The van der Waals surface area contributed by atoms with E-state index in [4.69, 9.17) is 4.74 Å². The maximum atomic E-state index is 11.0. The Morgan fingerprint density at radius 3 is 2.53 bits per heavy atom. The van der Waals surface area contributed by atoms with Crippen LogP contribution in [0.2, 0.25) is 0 Å². The number of carbonyl (C=O) groups excluding carboxylic acids is 1. The van der Waals surface area contributed by atoms with E-state index in [1.165, 1.54) is 0 Å². The Balaban J connectivity index is 3.71. The molecule has 0 aromatic heterocycles. The van der Waals surface area contributed by atoms with Crippen molar-refractivity contribution in [2.24, 2.45) is 10.9 Å². The summed E-state index contributed by atoms with van der Waals surface area (Å²) in [4.78, 5) is 15.2. The average Bonchev–Trinajstić information content (AvgIpc) is 2.10. The van der Waals surface area contributed by atoms with Crippen molar-refractivity contribution in [2.75, 3.05) is 6.61 Å². The Bertz CT molecular complexity index is 244. The molecule has 0 aliphatic heterocycles. The zero-order valence-electron chi connectivity index (χ0n) is 10.1. The number of rotatable bonds is 6. The van der Waals surface area contributed by atoms with E-state index in [-0.39, 0.29) is 18.6 Å². The van der Waals surface area contributed by atoms with Crippen molar-refractivity contribution in [3.63, 3.8) is 0 Å². The van der Waals surface area contributed by atoms with Crippen molar-refractivity contribution in [1.29, 1.82) is 0 Å². The number of ether oxygens (including phenoxy) is 1.